The van der Waals surface area contributed by atoms with E-state index in [1.54, 1.807) is 0 Å². The third kappa shape index (κ3) is 3.96. The van der Waals surface area contributed by atoms with Crippen molar-refractivity contribution >= 4 is 5.91 Å². The Bertz CT molecular complexity index is 400. The molecule has 19 heavy (non-hydrogen) atoms. The Kier molecular flexibility index (Phi) is 4.80. The summed E-state index contributed by atoms with van der Waals surface area (Å²) in [6, 6.07) is 10.0. The van der Waals surface area contributed by atoms with Crippen molar-refractivity contribution in [1.82, 2.24) is 4.90 Å². The van der Waals surface area contributed by atoms with Crippen molar-refractivity contribution in [3.05, 3.63) is 30.3 Å². The SMILES string of the molecule is CN(C(=O)COc1ccccc1)C1CCC(N)CC1. The highest BCUT2D eigenvalue weighted by atomic mass is 16.5. The molecule has 0 unspecified atom stereocenters. The Morgan fingerprint density at radius 3 is 2.53 bits per heavy atom. The summed E-state index contributed by atoms with van der Waals surface area (Å²) >= 11 is 0. The number of hydrogen-bond acceptors (Lipinski definition) is 3. The smallest absolute Gasteiger partial charge is 0.260 e. The van der Waals surface area contributed by atoms with E-state index in [9.17, 15) is 4.79 Å². The second kappa shape index (κ2) is 6.57. The van der Waals surface area contributed by atoms with E-state index in [2.05, 4.69) is 0 Å². The van der Waals surface area contributed by atoms with Gasteiger partial charge in [0.1, 0.15) is 5.75 Å². The van der Waals surface area contributed by atoms with E-state index in [1.165, 1.54) is 0 Å². The molecule has 4 nitrogen and oxygen atoms in total. The van der Waals surface area contributed by atoms with Crippen LogP contribution in [0.4, 0.5) is 0 Å². The molecule has 1 aliphatic rings. The van der Waals surface area contributed by atoms with Crippen LogP contribution < -0.4 is 10.5 Å². The van der Waals surface area contributed by atoms with Gasteiger partial charge in [-0.1, -0.05) is 18.2 Å². The summed E-state index contributed by atoms with van der Waals surface area (Å²) < 4.78 is 5.48. The number of rotatable bonds is 4. The second-order valence-electron chi connectivity index (χ2n) is 5.17. The van der Waals surface area contributed by atoms with Gasteiger partial charge in [-0.3, -0.25) is 4.79 Å². The van der Waals surface area contributed by atoms with E-state index in [0.29, 0.717) is 12.1 Å². The lowest BCUT2D eigenvalue weighted by Crippen LogP contribution is -2.43. The van der Waals surface area contributed by atoms with Crippen LogP contribution in [0.15, 0.2) is 30.3 Å². The molecule has 4 heteroatoms. The molecule has 1 amide bonds. The summed E-state index contributed by atoms with van der Waals surface area (Å²) in [6.45, 7) is 0.100. The van der Waals surface area contributed by atoms with E-state index >= 15 is 0 Å². The lowest BCUT2D eigenvalue weighted by atomic mass is 9.91. The van der Waals surface area contributed by atoms with Gasteiger partial charge in [0.15, 0.2) is 6.61 Å². The summed E-state index contributed by atoms with van der Waals surface area (Å²) in [4.78, 5) is 13.9. The number of carbonyl (C=O) groups excluding carboxylic acids is 1. The molecular weight excluding hydrogens is 240 g/mol. The number of likely N-dealkylation sites (N-methyl/N-ethyl adjacent to an activating group) is 1. The maximum Gasteiger partial charge on any atom is 0.260 e. The first-order valence-electron chi connectivity index (χ1n) is 6.86. The number of ether oxygens (including phenoxy) is 1. The molecule has 1 aliphatic carbocycles. The first kappa shape index (κ1) is 13.9. The number of nitrogens with two attached hydrogens (primary N) is 1. The van der Waals surface area contributed by atoms with Crippen molar-refractivity contribution in [2.75, 3.05) is 13.7 Å². The van der Waals surface area contributed by atoms with Gasteiger partial charge in [-0.05, 0) is 37.8 Å². The van der Waals surface area contributed by atoms with E-state index < -0.39 is 0 Å². The largest absolute Gasteiger partial charge is 0.484 e. The predicted molar refractivity (Wildman–Crippen MR) is 74.9 cm³/mol. The zero-order valence-corrected chi connectivity index (χ0v) is 11.4. The Hall–Kier alpha value is -1.55. The molecule has 1 fully saturated rings. The van der Waals surface area contributed by atoms with Crippen LogP contribution in [0.1, 0.15) is 25.7 Å². The zero-order valence-electron chi connectivity index (χ0n) is 11.4. The van der Waals surface area contributed by atoms with Crippen molar-refractivity contribution in [1.29, 1.82) is 0 Å². The monoisotopic (exact) mass is 262 g/mol. The summed E-state index contributed by atoms with van der Waals surface area (Å²) in [7, 11) is 1.86. The Balaban J connectivity index is 1.79. The number of carbonyl (C=O) groups is 1. The first-order valence-corrected chi connectivity index (χ1v) is 6.86. The number of nitrogens with zero attached hydrogens (tertiary/aromatic N) is 1. The normalized spacial score (nSPS) is 22.8. The van der Waals surface area contributed by atoms with Crippen molar-refractivity contribution in [2.24, 2.45) is 5.73 Å². The molecule has 1 saturated carbocycles. The minimum Gasteiger partial charge on any atom is -0.484 e. The van der Waals surface area contributed by atoms with Crippen LogP contribution in [0, 0.1) is 0 Å². The van der Waals surface area contributed by atoms with E-state index in [-0.39, 0.29) is 12.5 Å². The molecular formula is C15H22N2O2. The summed E-state index contributed by atoms with van der Waals surface area (Å²) in [5, 5.41) is 0. The predicted octanol–water partition coefficient (Wildman–Crippen LogP) is 1.79. The van der Waals surface area contributed by atoms with Crippen molar-refractivity contribution in [3.8, 4) is 5.75 Å². The quantitative estimate of drug-likeness (QED) is 0.900. The van der Waals surface area contributed by atoms with E-state index in [1.807, 2.05) is 42.3 Å². The maximum absolute atomic E-state index is 12.1. The maximum atomic E-state index is 12.1. The van der Waals surface area contributed by atoms with Crippen LogP contribution in [0.25, 0.3) is 0 Å². The third-order valence-corrected chi connectivity index (χ3v) is 3.79. The average Bonchev–Trinajstić information content (AvgIpc) is 2.46. The van der Waals surface area contributed by atoms with Crippen LogP contribution >= 0.6 is 0 Å². The fourth-order valence-corrected chi connectivity index (χ4v) is 2.46. The van der Waals surface area contributed by atoms with Crippen LogP contribution in [0.2, 0.25) is 0 Å². The van der Waals surface area contributed by atoms with Crippen LogP contribution in [-0.4, -0.2) is 36.5 Å². The fourth-order valence-electron chi connectivity index (χ4n) is 2.46. The molecule has 0 radical (unpaired) electrons. The highest BCUT2D eigenvalue weighted by molar-refractivity contribution is 5.77. The topological polar surface area (TPSA) is 55.6 Å². The third-order valence-electron chi connectivity index (χ3n) is 3.79. The first-order chi connectivity index (χ1) is 9.16. The highest BCUT2D eigenvalue weighted by Gasteiger charge is 2.25. The van der Waals surface area contributed by atoms with Gasteiger partial charge >= 0.3 is 0 Å². The standard InChI is InChI=1S/C15H22N2O2/c1-17(13-9-7-12(16)8-10-13)15(18)11-19-14-5-3-2-4-6-14/h2-6,12-13H,7-11,16H2,1H3. The van der Waals surface area contributed by atoms with Gasteiger partial charge in [0.25, 0.3) is 5.91 Å². The number of hydrogen-bond donors (Lipinski definition) is 1. The van der Waals surface area contributed by atoms with Crippen molar-refractivity contribution < 1.29 is 9.53 Å². The average molecular weight is 262 g/mol. The molecule has 0 aliphatic heterocycles. The number of amides is 1. The summed E-state index contributed by atoms with van der Waals surface area (Å²) in [5.74, 6) is 0.763. The van der Waals surface area contributed by atoms with Crippen LogP contribution in [-0.2, 0) is 4.79 Å². The lowest BCUT2D eigenvalue weighted by molar-refractivity contribution is -0.134. The highest BCUT2D eigenvalue weighted by Crippen LogP contribution is 2.21. The van der Waals surface area contributed by atoms with Gasteiger partial charge < -0.3 is 15.4 Å². The molecule has 0 aromatic heterocycles. The molecule has 1 aromatic carbocycles. The Morgan fingerprint density at radius 1 is 1.26 bits per heavy atom. The Labute approximate surface area is 114 Å². The molecule has 2 N–H and O–H groups in total. The van der Waals surface area contributed by atoms with Gasteiger partial charge in [-0.15, -0.1) is 0 Å². The molecule has 0 heterocycles. The van der Waals surface area contributed by atoms with Crippen molar-refractivity contribution in [3.63, 3.8) is 0 Å². The molecule has 0 atom stereocenters. The molecule has 0 bridgehead atoms. The summed E-state index contributed by atoms with van der Waals surface area (Å²) in [6.07, 6.45) is 3.99. The van der Waals surface area contributed by atoms with Gasteiger partial charge in [0.05, 0.1) is 0 Å². The lowest BCUT2D eigenvalue weighted by Gasteiger charge is -2.33. The van der Waals surface area contributed by atoms with Crippen LogP contribution in [0.3, 0.4) is 0 Å². The summed E-state index contributed by atoms with van der Waals surface area (Å²) in [5.41, 5.74) is 5.88. The zero-order chi connectivity index (χ0) is 13.7. The van der Waals surface area contributed by atoms with Gasteiger partial charge in [0.2, 0.25) is 0 Å². The number of benzene rings is 1. The van der Waals surface area contributed by atoms with E-state index in [4.69, 9.17) is 10.5 Å². The van der Waals surface area contributed by atoms with Gasteiger partial charge in [0, 0.05) is 19.1 Å². The second-order valence-corrected chi connectivity index (χ2v) is 5.17. The molecule has 1 aromatic rings. The molecule has 2 rings (SSSR count). The minimum atomic E-state index is 0.0318. The minimum absolute atomic E-state index is 0.0318. The molecule has 0 spiro atoms. The Morgan fingerprint density at radius 2 is 1.89 bits per heavy atom. The van der Waals surface area contributed by atoms with E-state index in [0.717, 1.165) is 31.4 Å². The molecule has 104 valence electrons. The van der Waals surface area contributed by atoms with Crippen LogP contribution in [0.5, 0.6) is 5.75 Å². The van der Waals surface area contributed by atoms with Crippen molar-refractivity contribution in [2.45, 2.75) is 37.8 Å². The van der Waals surface area contributed by atoms with Gasteiger partial charge in [-0.2, -0.15) is 0 Å². The fraction of sp³-hybridized carbons (Fsp3) is 0.533. The van der Waals surface area contributed by atoms with Gasteiger partial charge in [-0.25, -0.2) is 0 Å². The number of para-hydroxylation sites is 1. The molecule has 0 saturated heterocycles.